The number of fused-ring (bicyclic) bond motifs is 6. The molecule has 0 aliphatic carbocycles. The lowest BCUT2D eigenvalue weighted by atomic mass is 9.98. The van der Waals surface area contributed by atoms with Gasteiger partial charge in [0.2, 0.25) is 0 Å². The topological polar surface area (TPSA) is 16.4 Å². The monoisotopic (exact) mass is 593 g/mol. The minimum atomic E-state index is 0.881. The third-order valence-electron chi connectivity index (χ3n) is 8.69. The average Bonchev–Trinajstić information content (AvgIpc) is 3.68. The smallest absolute Gasteiger partial charge is 0.137 e. The normalized spacial score (nSPS) is 11.6. The number of thiophene rings is 1. The van der Waals surface area contributed by atoms with Gasteiger partial charge in [-0.2, -0.15) is 0 Å². The fraction of sp³-hybridized carbons (Fsp3) is 0. The Morgan fingerprint density at radius 1 is 0.422 bits per heavy atom. The molecule has 0 aliphatic heterocycles. The summed E-state index contributed by atoms with van der Waals surface area (Å²) in [5.41, 5.74) is 9.87. The molecule has 0 saturated carbocycles. The standard InChI is InChI=1S/C42H27NOS/c1-2-11-28(12-3-1)29-21-23-30(24-22-29)32-13-4-7-17-37(32)43(31-25-26-34-33-14-5-8-19-39(33)44-40(34)27-31)38-18-10-16-36-35-15-6-9-20-41(35)45-42(36)38/h1-27H. The van der Waals surface area contributed by atoms with Gasteiger partial charge in [-0.15, -0.1) is 11.3 Å². The Morgan fingerprint density at radius 2 is 1.07 bits per heavy atom. The highest BCUT2D eigenvalue weighted by Gasteiger charge is 2.22. The van der Waals surface area contributed by atoms with Crippen molar-refractivity contribution in [3.8, 4) is 22.3 Å². The van der Waals surface area contributed by atoms with Crippen molar-refractivity contribution in [2.24, 2.45) is 0 Å². The molecule has 0 bridgehead atoms. The molecular weight excluding hydrogens is 567 g/mol. The second kappa shape index (κ2) is 10.5. The van der Waals surface area contributed by atoms with Crippen LogP contribution >= 0.6 is 11.3 Å². The summed E-state index contributed by atoms with van der Waals surface area (Å²) in [7, 11) is 0. The summed E-state index contributed by atoms with van der Waals surface area (Å²) in [6.07, 6.45) is 0. The Hall–Kier alpha value is -5.64. The molecule has 0 atom stereocenters. The molecule has 212 valence electrons. The zero-order chi connectivity index (χ0) is 29.7. The van der Waals surface area contributed by atoms with Crippen LogP contribution in [0.25, 0.3) is 64.4 Å². The molecule has 0 amide bonds. The first-order chi connectivity index (χ1) is 22.3. The molecule has 9 rings (SSSR count). The lowest BCUT2D eigenvalue weighted by molar-refractivity contribution is 0.669. The van der Waals surface area contributed by atoms with E-state index < -0.39 is 0 Å². The first kappa shape index (κ1) is 25.8. The Balaban J connectivity index is 1.27. The Bertz CT molecular complexity index is 2490. The van der Waals surface area contributed by atoms with Gasteiger partial charge in [-0.25, -0.2) is 0 Å². The number of benzene rings is 7. The third kappa shape index (κ3) is 4.32. The molecule has 45 heavy (non-hydrogen) atoms. The molecule has 2 aromatic heterocycles. The van der Waals surface area contributed by atoms with Gasteiger partial charge in [-0.1, -0.05) is 121 Å². The van der Waals surface area contributed by atoms with E-state index in [9.17, 15) is 0 Å². The minimum absolute atomic E-state index is 0.881. The zero-order valence-corrected chi connectivity index (χ0v) is 25.2. The highest BCUT2D eigenvalue weighted by atomic mass is 32.1. The summed E-state index contributed by atoms with van der Waals surface area (Å²) in [6, 6.07) is 58.4. The number of rotatable bonds is 5. The van der Waals surface area contributed by atoms with Crippen LogP contribution in [-0.4, -0.2) is 0 Å². The van der Waals surface area contributed by atoms with Gasteiger partial charge in [0.05, 0.1) is 16.1 Å². The number of nitrogens with zero attached hydrogens (tertiary/aromatic N) is 1. The van der Waals surface area contributed by atoms with Crippen LogP contribution in [0.4, 0.5) is 17.1 Å². The van der Waals surface area contributed by atoms with E-state index in [0.29, 0.717) is 0 Å². The maximum atomic E-state index is 6.40. The average molecular weight is 594 g/mol. The van der Waals surface area contributed by atoms with Crippen LogP contribution in [0.15, 0.2) is 168 Å². The molecule has 9 aromatic rings. The van der Waals surface area contributed by atoms with E-state index in [1.165, 1.54) is 42.4 Å². The van der Waals surface area contributed by atoms with Crippen LogP contribution in [0.2, 0.25) is 0 Å². The molecule has 0 aliphatic rings. The quantitative estimate of drug-likeness (QED) is 0.197. The van der Waals surface area contributed by atoms with E-state index in [2.05, 4.69) is 157 Å². The molecular formula is C42H27NOS. The zero-order valence-electron chi connectivity index (χ0n) is 24.4. The van der Waals surface area contributed by atoms with Crippen LogP contribution < -0.4 is 4.90 Å². The van der Waals surface area contributed by atoms with Crippen molar-refractivity contribution in [1.82, 2.24) is 0 Å². The van der Waals surface area contributed by atoms with Crippen LogP contribution in [0.1, 0.15) is 0 Å². The van der Waals surface area contributed by atoms with Crippen LogP contribution in [-0.2, 0) is 0 Å². The maximum Gasteiger partial charge on any atom is 0.137 e. The highest BCUT2D eigenvalue weighted by molar-refractivity contribution is 7.26. The molecule has 2 nitrogen and oxygen atoms in total. The predicted molar refractivity (Wildman–Crippen MR) is 192 cm³/mol. The van der Waals surface area contributed by atoms with E-state index in [1.54, 1.807) is 0 Å². The fourth-order valence-electron chi connectivity index (χ4n) is 6.56. The van der Waals surface area contributed by atoms with Gasteiger partial charge < -0.3 is 9.32 Å². The number of para-hydroxylation sites is 2. The summed E-state index contributed by atoms with van der Waals surface area (Å²) in [4.78, 5) is 2.41. The number of furan rings is 1. The van der Waals surface area contributed by atoms with Crippen molar-refractivity contribution in [3.63, 3.8) is 0 Å². The van der Waals surface area contributed by atoms with E-state index in [-0.39, 0.29) is 0 Å². The van der Waals surface area contributed by atoms with Crippen molar-refractivity contribution < 1.29 is 4.42 Å². The van der Waals surface area contributed by atoms with Gasteiger partial charge in [0, 0.05) is 43.6 Å². The van der Waals surface area contributed by atoms with Crippen molar-refractivity contribution in [2.75, 3.05) is 4.90 Å². The Labute approximate surface area is 265 Å². The summed E-state index contributed by atoms with van der Waals surface area (Å²) in [5, 5.41) is 4.82. The van der Waals surface area contributed by atoms with Gasteiger partial charge in [0.1, 0.15) is 11.2 Å². The number of anilines is 3. The Kier molecular flexibility index (Phi) is 6.03. The van der Waals surface area contributed by atoms with Crippen molar-refractivity contribution in [1.29, 1.82) is 0 Å². The molecule has 0 unspecified atom stereocenters. The van der Waals surface area contributed by atoms with E-state index in [4.69, 9.17) is 4.42 Å². The minimum Gasteiger partial charge on any atom is -0.456 e. The summed E-state index contributed by atoms with van der Waals surface area (Å²) >= 11 is 1.85. The van der Waals surface area contributed by atoms with E-state index in [0.717, 1.165) is 39.0 Å². The molecule has 3 heteroatoms. The molecule has 7 aromatic carbocycles. The van der Waals surface area contributed by atoms with E-state index in [1.807, 2.05) is 23.5 Å². The number of hydrogen-bond acceptors (Lipinski definition) is 3. The molecule has 0 saturated heterocycles. The van der Waals surface area contributed by atoms with E-state index >= 15 is 0 Å². The second-order valence-electron chi connectivity index (χ2n) is 11.3. The van der Waals surface area contributed by atoms with Gasteiger partial charge in [0.25, 0.3) is 0 Å². The van der Waals surface area contributed by atoms with Crippen molar-refractivity contribution in [2.45, 2.75) is 0 Å². The van der Waals surface area contributed by atoms with Crippen LogP contribution in [0.5, 0.6) is 0 Å². The SMILES string of the molecule is c1ccc(-c2ccc(-c3ccccc3N(c3ccc4c(c3)oc3ccccc34)c3cccc4c3sc3ccccc34)cc2)cc1. The van der Waals surface area contributed by atoms with Gasteiger partial charge in [0.15, 0.2) is 0 Å². The van der Waals surface area contributed by atoms with Gasteiger partial charge in [-0.05, 0) is 53.1 Å². The lowest BCUT2D eigenvalue weighted by Gasteiger charge is -2.28. The first-order valence-corrected chi connectivity index (χ1v) is 16.0. The van der Waals surface area contributed by atoms with Crippen molar-refractivity contribution >= 4 is 70.5 Å². The fourth-order valence-corrected chi connectivity index (χ4v) is 7.76. The summed E-state index contributed by atoms with van der Waals surface area (Å²) < 4.78 is 8.95. The molecule has 0 fully saturated rings. The maximum absolute atomic E-state index is 6.40. The number of hydrogen-bond donors (Lipinski definition) is 0. The van der Waals surface area contributed by atoms with Crippen LogP contribution in [0.3, 0.4) is 0 Å². The third-order valence-corrected chi connectivity index (χ3v) is 9.90. The first-order valence-electron chi connectivity index (χ1n) is 15.2. The van der Waals surface area contributed by atoms with Crippen LogP contribution in [0, 0.1) is 0 Å². The van der Waals surface area contributed by atoms with Crippen molar-refractivity contribution in [3.05, 3.63) is 164 Å². The van der Waals surface area contributed by atoms with Gasteiger partial charge in [-0.3, -0.25) is 0 Å². The second-order valence-corrected chi connectivity index (χ2v) is 12.4. The molecule has 2 heterocycles. The molecule has 0 radical (unpaired) electrons. The summed E-state index contributed by atoms with van der Waals surface area (Å²) in [5.74, 6) is 0. The highest BCUT2D eigenvalue weighted by Crippen LogP contribution is 2.48. The Morgan fingerprint density at radius 3 is 1.96 bits per heavy atom. The molecule has 0 N–H and O–H groups in total. The largest absolute Gasteiger partial charge is 0.456 e. The summed E-state index contributed by atoms with van der Waals surface area (Å²) in [6.45, 7) is 0. The predicted octanol–water partition coefficient (Wildman–Crippen LogP) is 12.8. The van der Waals surface area contributed by atoms with Gasteiger partial charge >= 0.3 is 0 Å². The lowest BCUT2D eigenvalue weighted by Crippen LogP contribution is -2.11. The molecule has 0 spiro atoms.